The van der Waals surface area contributed by atoms with E-state index in [0.717, 1.165) is 12.8 Å². The lowest BCUT2D eigenvalue weighted by Gasteiger charge is -2.10. The van der Waals surface area contributed by atoms with E-state index in [-0.39, 0.29) is 0 Å². The van der Waals surface area contributed by atoms with E-state index >= 15 is 0 Å². The predicted molar refractivity (Wildman–Crippen MR) is 59.0 cm³/mol. The number of rotatable bonds is 8. The summed E-state index contributed by atoms with van der Waals surface area (Å²) < 4.78 is 21.2. The molecule has 0 rings (SSSR count). The second-order valence-electron chi connectivity index (χ2n) is 3.80. The van der Waals surface area contributed by atoms with Gasteiger partial charge in [0.25, 0.3) is 0 Å². The lowest BCUT2D eigenvalue weighted by Crippen LogP contribution is -2.12. The first kappa shape index (κ1) is 14.1. The van der Waals surface area contributed by atoms with Crippen LogP contribution in [-0.2, 0) is 19.7 Å². The van der Waals surface area contributed by atoms with E-state index in [9.17, 15) is 4.21 Å². The lowest BCUT2D eigenvalue weighted by atomic mass is 10.1. The quantitative estimate of drug-likeness (QED) is 0.633. The standard InChI is InChI=1S/C10H22O3S/c1-5-9(3)7-12-14(11)13-8-10(4)6-2/h9-10H,5-8H2,1-4H3. The van der Waals surface area contributed by atoms with Crippen LogP contribution in [-0.4, -0.2) is 17.4 Å². The Balaban J connectivity index is 3.46. The summed E-state index contributed by atoms with van der Waals surface area (Å²) in [4.78, 5) is 0. The molecule has 0 bridgehead atoms. The van der Waals surface area contributed by atoms with E-state index in [1.165, 1.54) is 0 Å². The van der Waals surface area contributed by atoms with Crippen molar-refractivity contribution in [2.45, 2.75) is 40.5 Å². The Labute approximate surface area is 90.0 Å². The van der Waals surface area contributed by atoms with E-state index < -0.39 is 11.4 Å². The first-order valence-electron chi connectivity index (χ1n) is 5.28. The van der Waals surface area contributed by atoms with Crippen molar-refractivity contribution in [3.05, 3.63) is 0 Å². The van der Waals surface area contributed by atoms with E-state index in [0.29, 0.717) is 25.0 Å². The summed E-state index contributed by atoms with van der Waals surface area (Å²) in [7, 11) is 0. The molecule has 0 aliphatic carbocycles. The molecular weight excluding hydrogens is 200 g/mol. The highest BCUT2D eigenvalue weighted by atomic mass is 32.2. The minimum absolute atomic E-state index is 0.436. The molecule has 0 saturated carbocycles. The first-order valence-corrected chi connectivity index (χ1v) is 6.28. The van der Waals surface area contributed by atoms with Gasteiger partial charge in [0.1, 0.15) is 0 Å². The third-order valence-electron chi connectivity index (χ3n) is 2.29. The van der Waals surface area contributed by atoms with Gasteiger partial charge in [0.15, 0.2) is 0 Å². The van der Waals surface area contributed by atoms with E-state index in [1.54, 1.807) is 0 Å². The van der Waals surface area contributed by atoms with E-state index in [2.05, 4.69) is 27.7 Å². The highest BCUT2D eigenvalue weighted by molar-refractivity contribution is 7.75. The largest absolute Gasteiger partial charge is 0.304 e. The van der Waals surface area contributed by atoms with E-state index in [1.807, 2.05) is 0 Å². The molecule has 0 saturated heterocycles. The molecule has 0 aliphatic rings. The predicted octanol–water partition coefficient (Wildman–Crippen LogP) is 2.69. The Morgan fingerprint density at radius 2 is 1.36 bits per heavy atom. The molecule has 0 spiro atoms. The molecule has 0 amide bonds. The maximum Gasteiger partial charge on any atom is 0.304 e. The van der Waals surface area contributed by atoms with Gasteiger partial charge in [-0.3, -0.25) is 8.37 Å². The first-order chi connectivity index (χ1) is 6.60. The Kier molecular flexibility index (Phi) is 8.43. The maximum atomic E-state index is 11.2. The fraction of sp³-hybridized carbons (Fsp3) is 1.00. The van der Waals surface area contributed by atoms with Crippen LogP contribution < -0.4 is 0 Å². The van der Waals surface area contributed by atoms with Crippen molar-refractivity contribution in [1.82, 2.24) is 0 Å². The summed E-state index contributed by atoms with van der Waals surface area (Å²) in [5, 5.41) is 0. The third kappa shape index (κ3) is 7.47. The van der Waals surface area contributed by atoms with Crippen LogP contribution >= 0.6 is 0 Å². The van der Waals surface area contributed by atoms with Gasteiger partial charge < -0.3 is 0 Å². The molecule has 0 radical (unpaired) electrons. The summed E-state index contributed by atoms with van der Waals surface area (Å²) in [5.41, 5.74) is 0. The molecular formula is C10H22O3S. The maximum absolute atomic E-state index is 11.2. The second kappa shape index (κ2) is 8.38. The Bertz CT molecular complexity index is 145. The van der Waals surface area contributed by atoms with Crippen molar-refractivity contribution >= 4 is 11.4 Å². The molecule has 14 heavy (non-hydrogen) atoms. The highest BCUT2D eigenvalue weighted by Crippen LogP contribution is 2.05. The van der Waals surface area contributed by atoms with Crippen LogP contribution in [0.2, 0.25) is 0 Å². The zero-order valence-corrected chi connectivity index (χ0v) is 10.4. The number of hydrogen-bond acceptors (Lipinski definition) is 3. The summed E-state index contributed by atoms with van der Waals surface area (Å²) in [6.07, 6.45) is 2.06. The van der Waals surface area contributed by atoms with Gasteiger partial charge in [-0.15, -0.1) is 0 Å². The molecule has 0 aromatic rings. The van der Waals surface area contributed by atoms with Gasteiger partial charge in [0, 0.05) is 0 Å². The fourth-order valence-corrected chi connectivity index (χ4v) is 1.37. The van der Waals surface area contributed by atoms with E-state index in [4.69, 9.17) is 8.37 Å². The minimum Gasteiger partial charge on any atom is -0.268 e. The topological polar surface area (TPSA) is 35.5 Å². The van der Waals surface area contributed by atoms with Crippen molar-refractivity contribution in [3.63, 3.8) is 0 Å². The van der Waals surface area contributed by atoms with Gasteiger partial charge >= 0.3 is 11.4 Å². The smallest absolute Gasteiger partial charge is 0.268 e. The minimum atomic E-state index is -1.56. The molecule has 0 heterocycles. The summed E-state index contributed by atoms with van der Waals surface area (Å²) >= 11 is -1.56. The SMILES string of the molecule is CCC(C)COS(=O)OCC(C)CC. The molecule has 3 nitrogen and oxygen atoms in total. The van der Waals surface area contributed by atoms with Crippen LogP contribution in [0.5, 0.6) is 0 Å². The molecule has 0 fully saturated rings. The molecule has 4 heteroatoms. The van der Waals surface area contributed by atoms with Crippen LogP contribution in [0.25, 0.3) is 0 Å². The molecule has 0 N–H and O–H groups in total. The summed E-state index contributed by atoms with van der Waals surface area (Å²) in [5.74, 6) is 0.872. The number of hydrogen-bond donors (Lipinski definition) is 0. The Morgan fingerprint density at radius 1 is 1.00 bits per heavy atom. The van der Waals surface area contributed by atoms with Crippen molar-refractivity contribution in [3.8, 4) is 0 Å². The molecule has 86 valence electrons. The fourth-order valence-electron chi connectivity index (χ4n) is 0.613. The average Bonchev–Trinajstić information content (AvgIpc) is 2.22. The lowest BCUT2D eigenvalue weighted by molar-refractivity contribution is 0.201. The van der Waals surface area contributed by atoms with Crippen molar-refractivity contribution in [1.29, 1.82) is 0 Å². The van der Waals surface area contributed by atoms with Crippen molar-refractivity contribution in [2.24, 2.45) is 11.8 Å². The summed E-state index contributed by atoms with van der Waals surface area (Å²) in [6, 6.07) is 0. The van der Waals surface area contributed by atoms with Crippen molar-refractivity contribution in [2.75, 3.05) is 13.2 Å². The van der Waals surface area contributed by atoms with Gasteiger partial charge in [-0.1, -0.05) is 40.5 Å². The second-order valence-corrected chi connectivity index (χ2v) is 4.68. The molecule has 0 aliphatic heterocycles. The molecule has 0 aromatic carbocycles. The van der Waals surface area contributed by atoms with Crippen LogP contribution in [0.4, 0.5) is 0 Å². The van der Waals surface area contributed by atoms with Gasteiger partial charge in [-0.05, 0) is 11.8 Å². The Hall–Kier alpha value is 0.0700. The average molecular weight is 222 g/mol. The van der Waals surface area contributed by atoms with Gasteiger partial charge in [-0.25, -0.2) is 0 Å². The van der Waals surface area contributed by atoms with Gasteiger partial charge in [0.2, 0.25) is 0 Å². The zero-order valence-electron chi connectivity index (χ0n) is 9.62. The third-order valence-corrected chi connectivity index (χ3v) is 2.95. The molecule has 0 aromatic heterocycles. The normalized spacial score (nSPS) is 17.7. The Morgan fingerprint density at radius 3 is 1.64 bits per heavy atom. The van der Waals surface area contributed by atoms with Crippen LogP contribution in [0.15, 0.2) is 0 Å². The monoisotopic (exact) mass is 222 g/mol. The van der Waals surface area contributed by atoms with Crippen molar-refractivity contribution < 1.29 is 12.6 Å². The molecule has 2 atom stereocenters. The molecule has 2 unspecified atom stereocenters. The summed E-state index contributed by atoms with van der Waals surface area (Å²) in [6.45, 7) is 9.29. The van der Waals surface area contributed by atoms with Gasteiger partial charge in [0.05, 0.1) is 13.2 Å². The van der Waals surface area contributed by atoms with Crippen LogP contribution in [0.3, 0.4) is 0 Å². The van der Waals surface area contributed by atoms with Gasteiger partial charge in [-0.2, -0.15) is 4.21 Å². The highest BCUT2D eigenvalue weighted by Gasteiger charge is 2.07. The zero-order chi connectivity index (χ0) is 11.0. The van der Waals surface area contributed by atoms with Crippen LogP contribution in [0.1, 0.15) is 40.5 Å². The van der Waals surface area contributed by atoms with Crippen LogP contribution in [0, 0.1) is 11.8 Å².